The lowest BCUT2D eigenvalue weighted by Crippen LogP contribution is -1.91. The first-order valence-corrected chi connectivity index (χ1v) is 4.75. The van der Waals surface area contributed by atoms with Gasteiger partial charge in [0, 0.05) is 18.9 Å². The molecule has 0 spiro atoms. The van der Waals surface area contributed by atoms with Crippen molar-refractivity contribution in [1.82, 2.24) is 5.16 Å². The molecule has 0 bridgehead atoms. The maximum absolute atomic E-state index is 10.9. The molecule has 1 aromatic rings. The van der Waals surface area contributed by atoms with Crippen LogP contribution in [0.5, 0.6) is 0 Å². The third kappa shape index (κ3) is 1.64. The second-order valence-electron chi connectivity index (χ2n) is 3.65. The van der Waals surface area contributed by atoms with Gasteiger partial charge in [-0.1, -0.05) is 18.0 Å². The molecule has 1 heterocycles. The van der Waals surface area contributed by atoms with Crippen LogP contribution in [0.25, 0.3) is 0 Å². The largest absolute Gasteiger partial charge is 0.353 e. The van der Waals surface area contributed by atoms with Crippen molar-refractivity contribution in [3.05, 3.63) is 17.5 Å². The van der Waals surface area contributed by atoms with Gasteiger partial charge >= 0.3 is 0 Å². The van der Waals surface area contributed by atoms with E-state index in [2.05, 4.69) is 5.16 Å². The van der Waals surface area contributed by atoms with Crippen LogP contribution in [-0.4, -0.2) is 10.9 Å². The monoisotopic (exact) mass is 179 g/mol. The molecule has 3 heteroatoms. The van der Waals surface area contributed by atoms with Gasteiger partial charge < -0.3 is 4.52 Å². The highest BCUT2D eigenvalue weighted by Crippen LogP contribution is 2.33. The van der Waals surface area contributed by atoms with Crippen LogP contribution < -0.4 is 0 Å². The maximum atomic E-state index is 10.9. The Bertz CT molecular complexity index is 310. The summed E-state index contributed by atoms with van der Waals surface area (Å²) in [5.41, 5.74) is 0.961. The predicted molar refractivity (Wildman–Crippen MR) is 47.7 cm³/mol. The lowest BCUT2D eigenvalue weighted by Gasteiger charge is -2.00. The van der Waals surface area contributed by atoms with E-state index in [1.54, 1.807) is 6.07 Å². The third-order valence-corrected chi connectivity index (χ3v) is 2.65. The Morgan fingerprint density at radius 1 is 1.54 bits per heavy atom. The van der Waals surface area contributed by atoms with Crippen molar-refractivity contribution in [2.24, 2.45) is 0 Å². The normalized spacial score (nSPS) is 17.9. The molecular weight excluding hydrogens is 166 g/mol. The zero-order valence-corrected chi connectivity index (χ0v) is 7.75. The molecule has 0 unspecified atom stereocenters. The smallest absolute Gasteiger partial charge is 0.202 e. The molecule has 0 aliphatic heterocycles. The van der Waals surface area contributed by atoms with Gasteiger partial charge in [0.1, 0.15) is 0 Å². The van der Waals surface area contributed by atoms with Gasteiger partial charge in [-0.2, -0.15) is 0 Å². The molecule has 1 saturated carbocycles. The standard InChI is InChI=1S/C10H13NO2/c1-7(12)10-6-9(11-13-10)8-4-2-3-5-8/h6,8H,2-5H2,1H3. The molecule has 3 nitrogen and oxygen atoms in total. The van der Waals surface area contributed by atoms with Crippen LogP contribution in [0.1, 0.15) is 54.8 Å². The molecule has 0 aromatic carbocycles. The zero-order valence-electron chi connectivity index (χ0n) is 7.75. The quantitative estimate of drug-likeness (QED) is 0.655. The fraction of sp³-hybridized carbons (Fsp3) is 0.600. The first kappa shape index (κ1) is 8.48. The number of Topliss-reactive ketones (excluding diaryl/α,β-unsaturated/α-hetero) is 1. The fourth-order valence-electron chi connectivity index (χ4n) is 1.87. The third-order valence-electron chi connectivity index (χ3n) is 2.65. The summed E-state index contributed by atoms with van der Waals surface area (Å²) in [6, 6.07) is 1.79. The molecule has 1 aliphatic carbocycles. The van der Waals surface area contributed by atoms with Gasteiger partial charge in [0.15, 0.2) is 5.78 Å². The van der Waals surface area contributed by atoms with Crippen molar-refractivity contribution in [2.75, 3.05) is 0 Å². The number of aromatic nitrogens is 1. The summed E-state index contributed by atoms with van der Waals surface area (Å²) in [5, 5.41) is 3.92. The van der Waals surface area contributed by atoms with E-state index in [1.165, 1.54) is 32.6 Å². The molecule has 0 N–H and O–H groups in total. The number of ketones is 1. The molecule has 1 fully saturated rings. The summed E-state index contributed by atoms with van der Waals surface area (Å²) in [5.74, 6) is 0.871. The number of nitrogens with zero attached hydrogens (tertiary/aromatic N) is 1. The van der Waals surface area contributed by atoms with Crippen LogP contribution in [-0.2, 0) is 0 Å². The van der Waals surface area contributed by atoms with Gasteiger partial charge in [0.2, 0.25) is 5.76 Å². The van der Waals surface area contributed by atoms with E-state index < -0.39 is 0 Å². The van der Waals surface area contributed by atoms with E-state index in [1.807, 2.05) is 0 Å². The molecule has 70 valence electrons. The van der Waals surface area contributed by atoms with E-state index in [0.29, 0.717) is 11.7 Å². The molecule has 13 heavy (non-hydrogen) atoms. The zero-order chi connectivity index (χ0) is 9.26. The number of rotatable bonds is 2. The van der Waals surface area contributed by atoms with E-state index in [9.17, 15) is 4.79 Å². The van der Waals surface area contributed by atoms with Crippen molar-refractivity contribution >= 4 is 5.78 Å². The Morgan fingerprint density at radius 2 is 2.23 bits per heavy atom. The fourth-order valence-corrected chi connectivity index (χ4v) is 1.87. The Kier molecular flexibility index (Phi) is 2.17. The van der Waals surface area contributed by atoms with Crippen LogP contribution in [0.15, 0.2) is 10.6 Å². The summed E-state index contributed by atoms with van der Waals surface area (Å²) in [4.78, 5) is 10.9. The number of hydrogen-bond donors (Lipinski definition) is 0. The summed E-state index contributed by atoms with van der Waals surface area (Å²) in [7, 11) is 0. The van der Waals surface area contributed by atoms with Gasteiger partial charge in [-0.25, -0.2) is 0 Å². The SMILES string of the molecule is CC(=O)c1cc(C2CCCC2)no1. The van der Waals surface area contributed by atoms with E-state index in [-0.39, 0.29) is 5.78 Å². The second kappa shape index (κ2) is 3.32. The number of carbonyl (C=O) groups excluding carboxylic acids is 1. The van der Waals surface area contributed by atoms with Crippen LogP contribution >= 0.6 is 0 Å². The van der Waals surface area contributed by atoms with Crippen LogP contribution in [0, 0.1) is 0 Å². The van der Waals surface area contributed by atoms with Gasteiger partial charge in [0.05, 0.1) is 5.69 Å². The Balaban J connectivity index is 2.16. The van der Waals surface area contributed by atoms with Crippen LogP contribution in [0.4, 0.5) is 0 Å². The predicted octanol–water partition coefficient (Wildman–Crippen LogP) is 2.53. The summed E-state index contributed by atoms with van der Waals surface area (Å²) < 4.78 is 4.94. The number of hydrogen-bond acceptors (Lipinski definition) is 3. The van der Waals surface area contributed by atoms with Crippen molar-refractivity contribution < 1.29 is 9.32 Å². The Hall–Kier alpha value is -1.12. The van der Waals surface area contributed by atoms with Gasteiger partial charge in [-0.15, -0.1) is 0 Å². The highest BCUT2D eigenvalue weighted by molar-refractivity contribution is 5.91. The molecule has 2 rings (SSSR count). The minimum absolute atomic E-state index is 0.0447. The highest BCUT2D eigenvalue weighted by Gasteiger charge is 2.21. The first-order valence-electron chi connectivity index (χ1n) is 4.75. The van der Waals surface area contributed by atoms with Crippen molar-refractivity contribution in [3.63, 3.8) is 0 Å². The Morgan fingerprint density at radius 3 is 2.77 bits per heavy atom. The summed E-state index contributed by atoms with van der Waals surface area (Å²) in [6.07, 6.45) is 4.91. The molecule has 0 amide bonds. The molecule has 0 radical (unpaired) electrons. The lowest BCUT2D eigenvalue weighted by molar-refractivity contribution is 0.0978. The minimum Gasteiger partial charge on any atom is -0.353 e. The number of carbonyl (C=O) groups is 1. The molecule has 1 aliphatic rings. The minimum atomic E-state index is -0.0447. The average molecular weight is 179 g/mol. The van der Waals surface area contributed by atoms with Crippen molar-refractivity contribution in [1.29, 1.82) is 0 Å². The topological polar surface area (TPSA) is 43.1 Å². The summed E-state index contributed by atoms with van der Waals surface area (Å²) >= 11 is 0. The average Bonchev–Trinajstić information content (AvgIpc) is 2.75. The van der Waals surface area contributed by atoms with Crippen molar-refractivity contribution in [2.45, 2.75) is 38.5 Å². The van der Waals surface area contributed by atoms with Crippen LogP contribution in [0.3, 0.4) is 0 Å². The maximum Gasteiger partial charge on any atom is 0.202 e. The Labute approximate surface area is 77.1 Å². The lowest BCUT2D eigenvalue weighted by atomic mass is 10.0. The first-order chi connectivity index (χ1) is 6.27. The van der Waals surface area contributed by atoms with Gasteiger partial charge in [-0.05, 0) is 12.8 Å². The van der Waals surface area contributed by atoms with Crippen molar-refractivity contribution in [3.8, 4) is 0 Å². The molecule has 1 aromatic heterocycles. The molecule has 0 atom stereocenters. The van der Waals surface area contributed by atoms with E-state index >= 15 is 0 Å². The highest BCUT2D eigenvalue weighted by atomic mass is 16.5. The molecular formula is C10H13NO2. The van der Waals surface area contributed by atoms with Gasteiger partial charge in [-0.3, -0.25) is 4.79 Å². The molecule has 0 saturated heterocycles. The summed E-state index contributed by atoms with van der Waals surface area (Å²) in [6.45, 7) is 1.50. The van der Waals surface area contributed by atoms with Gasteiger partial charge in [0.25, 0.3) is 0 Å². The van der Waals surface area contributed by atoms with Crippen LogP contribution in [0.2, 0.25) is 0 Å². The second-order valence-corrected chi connectivity index (χ2v) is 3.65. The van der Waals surface area contributed by atoms with E-state index in [0.717, 1.165) is 5.69 Å². The van der Waals surface area contributed by atoms with E-state index in [4.69, 9.17) is 4.52 Å².